The Bertz CT molecular complexity index is 605. The van der Waals surface area contributed by atoms with Crippen molar-refractivity contribution in [1.29, 1.82) is 0 Å². The molecule has 4 N–H and O–H groups in total. The van der Waals surface area contributed by atoms with E-state index in [9.17, 15) is 9.59 Å². The molecule has 2 aliphatic heterocycles. The quantitative estimate of drug-likeness (QED) is 0.619. The van der Waals surface area contributed by atoms with Gasteiger partial charge < -0.3 is 16.0 Å². The molecule has 2 unspecified atom stereocenters. The van der Waals surface area contributed by atoms with Crippen LogP contribution in [-0.2, 0) is 9.59 Å². The van der Waals surface area contributed by atoms with Crippen molar-refractivity contribution in [3.8, 4) is 0 Å². The molecule has 1 aromatic heterocycles. The lowest BCUT2D eigenvalue weighted by atomic mass is 9.95. The summed E-state index contributed by atoms with van der Waals surface area (Å²) >= 11 is 1.63. The molecule has 2 aliphatic rings. The zero-order valence-corrected chi connectivity index (χ0v) is 14.1. The molecule has 0 spiro atoms. The van der Waals surface area contributed by atoms with Gasteiger partial charge >= 0.3 is 0 Å². The summed E-state index contributed by atoms with van der Waals surface area (Å²) in [5.41, 5.74) is 5.82. The maximum absolute atomic E-state index is 12.5. The van der Waals surface area contributed by atoms with Crippen molar-refractivity contribution in [2.75, 3.05) is 0 Å². The van der Waals surface area contributed by atoms with E-state index in [0.29, 0.717) is 12.2 Å². The highest BCUT2D eigenvalue weighted by molar-refractivity contribution is 8.01. The highest BCUT2D eigenvalue weighted by atomic mass is 32.2. The van der Waals surface area contributed by atoms with Crippen LogP contribution < -0.4 is 11.1 Å². The first-order chi connectivity index (χ1) is 10.9. The summed E-state index contributed by atoms with van der Waals surface area (Å²) in [4.78, 5) is 26.3. The molecule has 3 rings (SSSR count). The second-order valence-corrected chi connectivity index (χ2v) is 8.18. The predicted molar refractivity (Wildman–Crippen MR) is 84.0 cm³/mol. The van der Waals surface area contributed by atoms with Gasteiger partial charge in [-0.25, -0.2) is 0 Å². The molecular formula is C13H21N7O2S. The van der Waals surface area contributed by atoms with Gasteiger partial charge in [0.05, 0.1) is 6.04 Å². The van der Waals surface area contributed by atoms with Gasteiger partial charge in [0.15, 0.2) is 5.82 Å². The predicted octanol–water partition coefficient (Wildman–Crippen LogP) is -0.453. The minimum absolute atomic E-state index is 0.125. The Balaban J connectivity index is 1.73. The van der Waals surface area contributed by atoms with Crippen LogP contribution in [0.15, 0.2) is 0 Å². The number of tetrazole rings is 1. The van der Waals surface area contributed by atoms with Gasteiger partial charge in [-0.15, -0.1) is 22.0 Å². The van der Waals surface area contributed by atoms with Crippen LogP contribution in [-0.4, -0.2) is 59.5 Å². The first kappa shape index (κ1) is 16.2. The van der Waals surface area contributed by atoms with Crippen molar-refractivity contribution in [3.63, 3.8) is 0 Å². The van der Waals surface area contributed by atoms with Crippen molar-refractivity contribution >= 4 is 23.6 Å². The zero-order chi connectivity index (χ0) is 16.8. The molecule has 2 fully saturated rings. The van der Waals surface area contributed by atoms with Crippen LogP contribution in [0.5, 0.6) is 0 Å². The molecule has 10 heteroatoms. The van der Waals surface area contributed by atoms with E-state index in [1.54, 1.807) is 16.7 Å². The van der Waals surface area contributed by atoms with E-state index in [4.69, 9.17) is 5.73 Å². The lowest BCUT2D eigenvalue weighted by Gasteiger charge is -2.44. The molecular weight excluding hydrogens is 318 g/mol. The van der Waals surface area contributed by atoms with E-state index < -0.39 is 12.1 Å². The van der Waals surface area contributed by atoms with E-state index in [1.807, 2.05) is 20.8 Å². The standard InChI is InChI=1S/C13H21N7O2S/c1-4-5-6(14)10(21)15-7-11(22)20-8(9-16-18-19-17-9)13(2,3)23-12(7)20/h6-8,12H,4-5,14H2,1-3H3,(H,15,21)(H,16,17,18,19)/t6-,7?,8?,12-/m1/s1. The summed E-state index contributed by atoms with van der Waals surface area (Å²) < 4.78 is -0.269. The molecule has 3 heterocycles. The Labute approximate surface area is 138 Å². The van der Waals surface area contributed by atoms with E-state index in [1.165, 1.54) is 0 Å². The summed E-state index contributed by atoms with van der Waals surface area (Å²) in [5, 5.41) is 16.7. The Kier molecular flexibility index (Phi) is 4.05. The number of hydrogen-bond donors (Lipinski definition) is 3. The number of nitrogens with one attached hydrogen (secondary N) is 2. The van der Waals surface area contributed by atoms with Crippen molar-refractivity contribution in [2.24, 2.45) is 5.73 Å². The summed E-state index contributed by atoms with van der Waals surface area (Å²) in [6.07, 6.45) is 1.43. The van der Waals surface area contributed by atoms with Crippen LogP contribution in [0.3, 0.4) is 0 Å². The Morgan fingerprint density at radius 3 is 2.91 bits per heavy atom. The number of carbonyl (C=O) groups excluding carboxylic acids is 2. The average Bonchev–Trinajstić information content (AvgIpc) is 3.09. The maximum Gasteiger partial charge on any atom is 0.249 e. The largest absolute Gasteiger partial charge is 0.340 e. The molecule has 2 saturated heterocycles. The summed E-state index contributed by atoms with van der Waals surface area (Å²) in [6.45, 7) is 6.03. The molecule has 0 bridgehead atoms. The molecule has 0 aromatic carbocycles. The van der Waals surface area contributed by atoms with E-state index in [-0.39, 0.29) is 28.0 Å². The molecule has 1 aromatic rings. The van der Waals surface area contributed by atoms with Crippen LogP contribution in [0.2, 0.25) is 0 Å². The third-order valence-corrected chi connectivity index (χ3v) is 5.85. The van der Waals surface area contributed by atoms with Gasteiger partial charge in [-0.3, -0.25) is 9.59 Å². The van der Waals surface area contributed by atoms with E-state index in [0.717, 1.165) is 6.42 Å². The van der Waals surface area contributed by atoms with Crippen LogP contribution in [0.1, 0.15) is 45.5 Å². The van der Waals surface area contributed by atoms with Crippen LogP contribution in [0.4, 0.5) is 0 Å². The Morgan fingerprint density at radius 1 is 1.57 bits per heavy atom. The number of nitrogens with two attached hydrogens (primary N) is 1. The molecule has 0 radical (unpaired) electrons. The fourth-order valence-electron chi connectivity index (χ4n) is 3.15. The number of thioether (sulfide) groups is 1. The monoisotopic (exact) mass is 339 g/mol. The smallest absolute Gasteiger partial charge is 0.249 e. The molecule has 0 saturated carbocycles. The van der Waals surface area contributed by atoms with Gasteiger partial charge in [0.25, 0.3) is 0 Å². The summed E-state index contributed by atoms with van der Waals surface area (Å²) in [7, 11) is 0. The number of β-lactam (4-membered cyclic amide) rings is 1. The maximum atomic E-state index is 12.5. The van der Waals surface area contributed by atoms with Gasteiger partial charge in [0.2, 0.25) is 11.8 Å². The van der Waals surface area contributed by atoms with Gasteiger partial charge in [0.1, 0.15) is 17.5 Å². The number of aromatic nitrogens is 4. The molecule has 0 aliphatic carbocycles. The number of carbonyl (C=O) groups is 2. The molecule has 23 heavy (non-hydrogen) atoms. The van der Waals surface area contributed by atoms with E-state index in [2.05, 4.69) is 25.9 Å². The van der Waals surface area contributed by atoms with Crippen molar-refractivity contribution < 1.29 is 9.59 Å². The highest BCUT2D eigenvalue weighted by Crippen LogP contribution is 2.56. The third kappa shape index (κ3) is 2.59. The first-order valence-corrected chi connectivity index (χ1v) is 8.54. The van der Waals surface area contributed by atoms with Gasteiger partial charge in [-0.2, -0.15) is 5.21 Å². The average molecular weight is 339 g/mol. The number of aromatic amines is 1. The second kappa shape index (κ2) is 5.75. The SMILES string of the molecule is CCC[C@@H](N)C(=O)NC1C(=O)N2C(c3nn[nH]n3)C(C)(C)S[C@H]12. The number of hydrogen-bond acceptors (Lipinski definition) is 7. The van der Waals surface area contributed by atoms with Crippen LogP contribution in [0.25, 0.3) is 0 Å². The first-order valence-electron chi connectivity index (χ1n) is 7.66. The third-order valence-electron chi connectivity index (χ3n) is 4.28. The Hall–Kier alpha value is -1.68. The lowest BCUT2D eigenvalue weighted by molar-refractivity contribution is -0.152. The topological polar surface area (TPSA) is 130 Å². The number of fused-ring (bicyclic) bond motifs is 1. The van der Waals surface area contributed by atoms with Crippen molar-refractivity contribution in [1.82, 2.24) is 30.8 Å². The van der Waals surface area contributed by atoms with Crippen LogP contribution >= 0.6 is 11.8 Å². The Morgan fingerprint density at radius 2 is 2.30 bits per heavy atom. The fourth-order valence-corrected chi connectivity index (χ4v) is 4.78. The van der Waals surface area contributed by atoms with Gasteiger partial charge in [-0.1, -0.05) is 18.6 Å². The highest BCUT2D eigenvalue weighted by Gasteiger charge is 2.63. The summed E-state index contributed by atoms with van der Waals surface area (Å²) in [6, 6.07) is -1.37. The van der Waals surface area contributed by atoms with Crippen molar-refractivity contribution in [3.05, 3.63) is 5.82 Å². The number of H-pyrrole nitrogens is 1. The van der Waals surface area contributed by atoms with Gasteiger partial charge in [0, 0.05) is 4.75 Å². The van der Waals surface area contributed by atoms with Crippen LogP contribution in [0, 0.1) is 0 Å². The lowest BCUT2D eigenvalue weighted by Crippen LogP contribution is -2.69. The van der Waals surface area contributed by atoms with E-state index >= 15 is 0 Å². The minimum atomic E-state index is -0.575. The number of rotatable bonds is 5. The number of nitrogens with zero attached hydrogens (tertiary/aromatic N) is 4. The molecule has 9 nitrogen and oxygen atoms in total. The minimum Gasteiger partial charge on any atom is -0.340 e. The zero-order valence-electron chi connectivity index (χ0n) is 13.3. The number of amides is 2. The van der Waals surface area contributed by atoms with Crippen molar-refractivity contribution in [2.45, 2.75) is 61.9 Å². The van der Waals surface area contributed by atoms with Gasteiger partial charge in [-0.05, 0) is 20.3 Å². The normalized spacial score (nSPS) is 29.8. The molecule has 4 atom stereocenters. The molecule has 2 amide bonds. The summed E-state index contributed by atoms with van der Waals surface area (Å²) in [5.74, 6) is 0.0944. The molecule has 126 valence electrons. The fraction of sp³-hybridized carbons (Fsp3) is 0.769. The second-order valence-electron chi connectivity index (χ2n) is 6.41.